The first-order valence-corrected chi connectivity index (χ1v) is 11.5. The molecule has 2 aromatic rings. The van der Waals surface area contributed by atoms with Crippen LogP contribution in [0.3, 0.4) is 0 Å². The van der Waals surface area contributed by atoms with Crippen LogP contribution in [-0.2, 0) is 10.0 Å². The van der Waals surface area contributed by atoms with Gasteiger partial charge in [-0.2, -0.15) is 0 Å². The van der Waals surface area contributed by atoms with Crippen molar-refractivity contribution in [1.82, 2.24) is 9.62 Å². The predicted octanol–water partition coefficient (Wildman–Crippen LogP) is 3.19. The molecule has 1 saturated heterocycles. The molecule has 0 bridgehead atoms. The van der Waals surface area contributed by atoms with E-state index in [9.17, 15) is 8.42 Å². The molecule has 0 aliphatic carbocycles. The maximum absolute atomic E-state index is 12.9. The summed E-state index contributed by atoms with van der Waals surface area (Å²) in [5.41, 5.74) is 3.06. The molecule has 1 atom stereocenters. The Labute approximate surface area is 174 Å². The molecule has 6 nitrogen and oxygen atoms in total. The van der Waals surface area contributed by atoms with Gasteiger partial charge in [-0.25, -0.2) is 13.1 Å². The second-order valence-electron chi connectivity index (χ2n) is 7.73. The minimum absolute atomic E-state index is 0.0165. The second kappa shape index (κ2) is 9.15. The number of hydrogen-bond donors (Lipinski definition) is 1. The van der Waals surface area contributed by atoms with Crippen LogP contribution in [0.15, 0.2) is 47.4 Å². The minimum atomic E-state index is -3.60. The topological polar surface area (TPSA) is 61.9 Å². The number of rotatable bonds is 8. The zero-order valence-corrected chi connectivity index (χ0v) is 18.5. The van der Waals surface area contributed by atoms with Gasteiger partial charge in [0, 0.05) is 32.4 Å². The number of ether oxygens (including phenoxy) is 1. The zero-order valence-electron chi connectivity index (χ0n) is 17.7. The largest absolute Gasteiger partial charge is 0.496 e. The molecule has 0 radical (unpaired) electrons. The van der Waals surface area contributed by atoms with E-state index in [1.165, 1.54) is 0 Å². The summed E-state index contributed by atoms with van der Waals surface area (Å²) in [6.07, 6.45) is 2.30. The molecule has 1 aliphatic rings. The van der Waals surface area contributed by atoms with Gasteiger partial charge < -0.3 is 9.64 Å². The summed E-state index contributed by atoms with van der Waals surface area (Å²) in [5.74, 6) is 0.680. The highest BCUT2D eigenvalue weighted by atomic mass is 32.2. The Balaban J connectivity index is 1.80. The molecular weight excluding hydrogens is 386 g/mol. The Morgan fingerprint density at radius 2 is 1.76 bits per heavy atom. The molecule has 0 saturated carbocycles. The molecule has 7 heteroatoms. The molecule has 1 aliphatic heterocycles. The van der Waals surface area contributed by atoms with Crippen molar-refractivity contribution < 1.29 is 13.2 Å². The molecule has 1 N–H and O–H groups in total. The number of nitrogens with one attached hydrogen (secondary N) is 1. The number of sulfonamides is 1. The smallest absolute Gasteiger partial charge is 0.240 e. The summed E-state index contributed by atoms with van der Waals surface area (Å²) in [7, 11) is 2.00. The first kappa shape index (κ1) is 21.6. The SMILES string of the molecule is COc1ccc(S(=O)(=O)NC[C@H](c2ccc(N(C)C)cc2)N2CCCC2)cc1C. The third-order valence-corrected chi connectivity index (χ3v) is 6.94. The highest BCUT2D eigenvalue weighted by molar-refractivity contribution is 7.89. The van der Waals surface area contributed by atoms with Crippen LogP contribution in [0.1, 0.15) is 30.0 Å². The van der Waals surface area contributed by atoms with Gasteiger partial charge in [-0.15, -0.1) is 0 Å². The van der Waals surface area contributed by atoms with E-state index in [0.717, 1.165) is 42.7 Å². The lowest BCUT2D eigenvalue weighted by Crippen LogP contribution is -2.36. The van der Waals surface area contributed by atoms with E-state index in [1.54, 1.807) is 25.3 Å². The van der Waals surface area contributed by atoms with E-state index < -0.39 is 10.0 Å². The minimum Gasteiger partial charge on any atom is -0.496 e. The van der Waals surface area contributed by atoms with Crippen LogP contribution < -0.4 is 14.4 Å². The molecule has 2 aromatic carbocycles. The van der Waals surface area contributed by atoms with Gasteiger partial charge in [-0.1, -0.05) is 12.1 Å². The fourth-order valence-electron chi connectivity index (χ4n) is 3.80. The van der Waals surface area contributed by atoms with Gasteiger partial charge in [0.05, 0.1) is 12.0 Å². The van der Waals surface area contributed by atoms with Crippen molar-refractivity contribution >= 4 is 15.7 Å². The van der Waals surface area contributed by atoms with Crippen molar-refractivity contribution in [3.63, 3.8) is 0 Å². The van der Waals surface area contributed by atoms with Crippen LogP contribution >= 0.6 is 0 Å². The number of methoxy groups -OCH3 is 1. The summed E-state index contributed by atoms with van der Waals surface area (Å²) >= 11 is 0. The number of benzene rings is 2. The molecule has 158 valence electrons. The number of hydrogen-bond acceptors (Lipinski definition) is 5. The summed E-state index contributed by atoms with van der Waals surface area (Å²) in [6.45, 7) is 4.17. The Morgan fingerprint density at radius 1 is 1.10 bits per heavy atom. The third-order valence-electron chi connectivity index (χ3n) is 5.52. The summed E-state index contributed by atoms with van der Waals surface area (Å²) in [5, 5.41) is 0. The van der Waals surface area contributed by atoms with Crippen molar-refractivity contribution in [3.8, 4) is 5.75 Å². The number of anilines is 1. The van der Waals surface area contributed by atoms with Gasteiger partial charge in [0.25, 0.3) is 0 Å². The quantitative estimate of drug-likeness (QED) is 0.715. The van der Waals surface area contributed by atoms with Gasteiger partial charge in [0.15, 0.2) is 0 Å². The highest BCUT2D eigenvalue weighted by Gasteiger charge is 2.26. The molecular formula is C22H31N3O3S. The van der Waals surface area contributed by atoms with Gasteiger partial charge in [0.1, 0.15) is 5.75 Å². The molecule has 29 heavy (non-hydrogen) atoms. The van der Waals surface area contributed by atoms with Crippen molar-refractivity contribution in [2.75, 3.05) is 45.7 Å². The van der Waals surface area contributed by atoms with E-state index >= 15 is 0 Å². The summed E-state index contributed by atoms with van der Waals surface area (Å²) in [6, 6.07) is 13.3. The lowest BCUT2D eigenvalue weighted by molar-refractivity contribution is 0.246. The van der Waals surface area contributed by atoms with Gasteiger partial charge >= 0.3 is 0 Å². The van der Waals surface area contributed by atoms with Crippen LogP contribution in [0.2, 0.25) is 0 Å². The Bertz CT molecular complexity index is 921. The Hall–Kier alpha value is -2.09. The molecule has 0 unspecified atom stereocenters. The predicted molar refractivity (Wildman–Crippen MR) is 117 cm³/mol. The molecule has 0 amide bonds. The van der Waals surface area contributed by atoms with E-state index in [4.69, 9.17) is 4.74 Å². The third kappa shape index (κ3) is 5.10. The van der Waals surface area contributed by atoms with Gasteiger partial charge in [0.2, 0.25) is 10.0 Å². The van der Waals surface area contributed by atoms with E-state index in [2.05, 4.69) is 38.8 Å². The van der Waals surface area contributed by atoms with Crippen LogP contribution in [0.25, 0.3) is 0 Å². The Kier molecular flexibility index (Phi) is 6.82. The van der Waals surface area contributed by atoms with Crippen LogP contribution in [0.5, 0.6) is 5.75 Å². The van der Waals surface area contributed by atoms with Crippen LogP contribution in [0, 0.1) is 6.92 Å². The fraction of sp³-hybridized carbons (Fsp3) is 0.455. The molecule has 3 rings (SSSR count). The average molecular weight is 418 g/mol. The second-order valence-corrected chi connectivity index (χ2v) is 9.50. The number of aryl methyl sites for hydroxylation is 1. The van der Waals surface area contributed by atoms with Crippen molar-refractivity contribution in [1.29, 1.82) is 0 Å². The lowest BCUT2D eigenvalue weighted by Gasteiger charge is -2.28. The number of likely N-dealkylation sites (tertiary alicyclic amines) is 1. The average Bonchev–Trinajstić information content (AvgIpc) is 3.23. The van der Waals surface area contributed by atoms with Gasteiger partial charge in [-0.3, -0.25) is 4.90 Å². The standard InChI is InChI=1S/C22H31N3O3S/c1-17-15-20(11-12-22(17)28-4)29(26,27)23-16-21(25-13-5-6-14-25)18-7-9-19(10-8-18)24(2)3/h7-12,15,21,23H,5-6,13-14,16H2,1-4H3/t21-/m1/s1. The zero-order chi connectivity index (χ0) is 21.0. The van der Waals surface area contributed by atoms with Crippen molar-refractivity contribution in [2.24, 2.45) is 0 Å². The molecule has 0 aromatic heterocycles. The molecule has 0 spiro atoms. The maximum Gasteiger partial charge on any atom is 0.240 e. The summed E-state index contributed by atoms with van der Waals surface area (Å²) in [4.78, 5) is 4.69. The Morgan fingerprint density at radius 3 is 2.31 bits per heavy atom. The maximum atomic E-state index is 12.9. The van der Waals surface area contributed by atoms with Crippen LogP contribution in [-0.4, -0.2) is 54.2 Å². The lowest BCUT2D eigenvalue weighted by atomic mass is 10.1. The summed E-state index contributed by atoms with van der Waals surface area (Å²) < 4.78 is 33.9. The van der Waals surface area contributed by atoms with Crippen LogP contribution in [0.4, 0.5) is 5.69 Å². The monoisotopic (exact) mass is 417 g/mol. The van der Waals surface area contributed by atoms with E-state index in [0.29, 0.717) is 12.3 Å². The first-order chi connectivity index (χ1) is 13.8. The fourth-order valence-corrected chi connectivity index (χ4v) is 4.92. The normalized spacial score (nSPS) is 16.0. The number of nitrogens with zero attached hydrogens (tertiary/aromatic N) is 2. The highest BCUT2D eigenvalue weighted by Crippen LogP contribution is 2.27. The first-order valence-electron chi connectivity index (χ1n) is 9.97. The van der Waals surface area contributed by atoms with Crippen molar-refractivity contribution in [3.05, 3.63) is 53.6 Å². The van der Waals surface area contributed by atoms with Crippen molar-refractivity contribution in [2.45, 2.75) is 30.7 Å². The van der Waals surface area contributed by atoms with E-state index in [1.807, 2.05) is 21.0 Å². The molecule has 1 heterocycles. The van der Waals surface area contributed by atoms with Gasteiger partial charge in [-0.05, 0) is 74.3 Å². The van der Waals surface area contributed by atoms with E-state index in [-0.39, 0.29) is 10.9 Å². The molecule has 1 fully saturated rings.